The third kappa shape index (κ3) is 7.08. The molecule has 2 aromatic carbocycles. The monoisotopic (exact) mass is 510 g/mol. The smallest absolute Gasteiger partial charge is 0.195 e. The number of nitrogens with one attached hydrogen (secondary N) is 2. The zero-order chi connectivity index (χ0) is 19.8. The van der Waals surface area contributed by atoms with Gasteiger partial charge in [-0.1, -0.05) is 30.3 Å². The summed E-state index contributed by atoms with van der Waals surface area (Å²) in [5, 5.41) is 6.78. The number of aliphatic imine (C=N–C) groups is 1. The summed E-state index contributed by atoms with van der Waals surface area (Å²) in [6, 6.07) is 16.8. The molecule has 0 fully saturated rings. The largest absolute Gasteiger partial charge is 0.490 e. The van der Waals surface area contributed by atoms with Crippen LogP contribution >= 0.6 is 24.0 Å². The quantitative estimate of drug-likeness (QED) is 0.353. The molecule has 0 saturated carbocycles. The van der Waals surface area contributed by atoms with Gasteiger partial charge in [0.25, 0.3) is 0 Å². The zero-order valence-electron chi connectivity index (χ0n) is 17.4. The first kappa shape index (κ1) is 23.3. The van der Waals surface area contributed by atoms with Crippen LogP contribution in [0.15, 0.2) is 53.5 Å². The lowest BCUT2D eigenvalue weighted by Gasteiger charge is -2.26. The van der Waals surface area contributed by atoms with E-state index < -0.39 is 0 Å². The van der Waals surface area contributed by atoms with Crippen molar-refractivity contribution in [1.29, 1.82) is 0 Å². The van der Waals surface area contributed by atoms with Crippen LogP contribution in [0.5, 0.6) is 11.5 Å². The number of ether oxygens (including phenoxy) is 2. The highest BCUT2D eigenvalue weighted by molar-refractivity contribution is 14.0. The molecule has 2 aromatic rings. The van der Waals surface area contributed by atoms with E-state index in [9.17, 15) is 0 Å². The van der Waals surface area contributed by atoms with Crippen molar-refractivity contribution in [2.75, 3.05) is 46.2 Å². The Bertz CT molecular complexity index is 784. The molecule has 1 aliphatic heterocycles. The number of likely N-dealkylation sites (N-methyl/N-ethyl adjacent to an activating group) is 1. The van der Waals surface area contributed by atoms with E-state index in [4.69, 9.17) is 9.47 Å². The van der Waals surface area contributed by atoms with E-state index in [-0.39, 0.29) is 24.0 Å². The molecule has 6 nitrogen and oxygen atoms in total. The molecule has 0 amide bonds. The van der Waals surface area contributed by atoms with Gasteiger partial charge in [-0.2, -0.15) is 0 Å². The van der Waals surface area contributed by atoms with Gasteiger partial charge in [-0.3, -0.25) is 4.99 Å². The Kier molecular flexibility index (Phi) is 9.53. The van der Waals surface area contributed by atoms with Gasteiger partial charge in [0.2, 0.25) is 0 Å². The molecule has 0 saturated heterocycles. The molecule has 1 heterocycles. The lowest BCUT2D eigenvalue weighted by atomic mass is 10.1. The second kappa shape index (κ2) is 11.9. The van der Waals surface area contributed by atoms with Crippen LogP contribution in [0.1, 0.15) is 12.0 Å². The molecule has 0 spiro atoms. The second-order valence-electron chi connectivity index (χ2n) is 7.10. The topological polar surface area (TPSA) is 58.1 Å². The Labute approximate surface area is 190 Å². The molecular formula is C22H31IN4O2. The van der Waals surface area contributed by atoms with Crippen LogP contribution in [0, 0.1) is 0 Å². The predicted molar refractivity (Wildman–Crippen MR) is 130 cm³/mol. The van der Waals surface area contributed by atoms with Gasteiger partial charge in [-0.25, -0.2) is 0 Å². The first-order valence-corrected chi connectivity index (χ1v) is 9.73. The summed E-state index contributed by atoms with van der Waals surface area (Å²) in [5.74, 6) is 2.30. The van der Waals surface area contributed by atoms with Crippen LogP contribution in [0.25, 0.3) is 0 Å². The van der Waals surface area contributed by atoms with Gasteiger partial charge in [0.15, 0.2) is 17.5 Å². The number of rotatable bonds is 6. The normalized spacial score (nSPS) is 14.6. The highest BCUT2D eigenvalue weighted by atomic mass is 127. The van der Waals surface area contributed by atoms with Gasteiger partial charge in [0.05, 0.1) is 13.2 Å². The Hall–Kier alpha value is -2.00. The van der Waals surface area contributed by atoms with E-state index in [1.165, 1.54) is 5.56 Å². The van der Waals surface area contributed by atoms with Crippen LogP contribution in [0.3, 0.4) is 0 Å². The summed E-state index contributed by atoms with van der Waals surface area (Å²) >= 11 is 0. The Morgan fingerprint density at radius 1 is 1.07 bits per heavy atom. The first-order chi connectivity index (χ1) is 13.7. The molecule has 29 heavy (non-hydrogen) atoms. The Balaban J connectivity index is 0.00000300. The maximum absolute atomic E-state index is 5.77. The van der Waals surface area contributed by atoms with E-state index in [1.54, 1.807) is 7.05 Å². The van der Waals surface area contributed by atoms with Gasteiger partial charge in [-0.15, -0.1) is 24.0 Å². The minimum Gasteiger partial charge on any atom is -0.490 e. The predicted octanol–water partition coefficient (Wildman–Crippen LogP) is 3.63. The second-order valence-corrected chi connectivity index (χ2v) is 7.10. The van der Waals surface area contributed by atoms with Crippen molar-refractivity contribution >= 4 is 35.6 Å². The van der Waals surface area contributed by atoms with E-state index in [0.29, 0.717) is 19.3 Å². The average molecular weight is 510 g/mol. The number of anilines is 1. The molecule has 0 aromatic heterocycles. The maximum atomic E-state index is 5.77. The lowest BCUT2D eigenvalue weighted by molar-refractivity contribution is 0.291. The fourth-order valence-corrected chi connectivity index (χ4v) is 3.09. The van der Waals surface area contributed by atoms with Crippen molar-refractivity contribution in [2.24, 2.45) is 4.99 Å². The van der Waals surface area contributed by atoms with Gasteiger partial charge in [-0.05, 0) is 38.2 Å². The van der Waals surface area contributed by atoms with Crippen molar-refractivity contribution in [3.05, 3.63) is 54.1 Å². The summed E-state index contributed by atoms with van der Waals surface area (Å²) in [5.41, 5.74) is 2.25. The van der Waals surface area contributed by atoms with E-state index in [0.717, 1.165) is 42.5 Å². The first-order valence-electron chi connectivity index (χ1n) is 9.73. The Morgan fingerprint density at radius 3 is 2.48 bits per heavy atom. The number of halogens is 1. The molecule has 0 bridgehead atoms. The fourth-order valence-electron chi connectivity index (χ4n) is 3.09. The van der Waals surface area contributed by atoms with Gasteiger partial charge in [0, 0.05) is 37.8 Å². The van der Waals surface area contributed by atoms with Gasteiger partial charge < -0.3 is 25.0 Å². The van der Waals surface area contributed by atoms with E-state index >= 15 is 0 Å². The number of hydrogen-bond acceptors (Lipinski definition) is 4. The number of hydrogen-bond donors (Lipinski definition) is 2. The highest BCUT2D eigenvalue weighted by Crippen LogP contribution is 2.32. The molecule has 0 radical (unpaired) electrons. The number of guanidine groups is 1. The van der Waals surface area contributed by atoms with Crippen molar-refractivity contribution in [1.82, 2.24) is 10.2 Å². The average Bonchev–Trinajstić information content (AvgIpc) is 2.95. The molecule has 158 valence electrons. The third-order valence-electron chi connectivity index (χ3n) is 4.78. The molecule has 2 N–H and O–H groups in total. The molecule has 1 atom stereocenters. The van der Waals surface area contributed by atoms with E-state index in [1.807, 2.05) is 24.3 Å². The molecular weight excluding hydrogens is 479 g/mol. The summed E-state index contributed by atoms with van der Waals surface area (Å²) in [7, 11) is 5.99. The zero-order valence-corrected chi connectivity index (χ0v) is 19.7. The minimum absolute atomic E-state index is 0. The third-order valence-corrected chi connectivity index (χ3v) is 4.78. The van der Waals surface area contributed by atoms with Crippen LogP contribution in [0.4, 0.5) is 5.69 Å². The van der Waals surface area contributed by atoms with Gasteiger partial charge in [0.1, 0.15) is 0 Å². The van der Waals surface area contributed by atoms with Crippen molar-refractivity contribution in [3.63, 3.8) is 0 Å². The molecule has 1 unspecified atom stereocenters. The van der Waals surface area contributed by atoms with Crippen LogP contribution in [-0.4, -0.2) is 57.8 Å². The summed E-state index contributed by atoms with van der Waals surface area (Å²) in [4.78, 5) is 6.59. The molecule has 7 heteroatoms. The minimum atomic E-state index is 0. The van der Waals surface area contributed by atoms with Crippen LogP contribution in [0.2, 0.25) is 0 Å². The highest BCUT2D eigenvalue weighted by Gasteiger charge is 2.14. The summed E-state index contributed by atoms with van der Waals surface area (Å²) in [6.45, 7) is 2.15. The fraction of sp³-hybridized carbons (Fsp3) is 0.409. The lowest BCUT2D eigenvalue weighted by Crippen LogP contribution is -2.43. The van der Waals surface area contributed by atoms with E-state index in [2.05, 4.69) is 58.9 Å². The number of benzene rings is 2. The van der Waals surface area contributed by atoms with Crippen molar-refractivity contribution < 1.29 is 9.47 Å². The SMILES string of the molecule is CN=C(NCC(Cc1ccccc1)N(C)C)Nc1ccc2c(c1)OCCCO2.I. The van der Waals surface area contributed by atoms with Crippen molar-refractivity contribution in [2.45, 2.75) is 18.9 Å². The number of fused-ring (bicyclic) bond motifs is 1. The molecule has 1 aliphatic rings. The number of nitrogens with zero attached hydrogens (tertiary/aromatic N) is 2. The molecule has 0 aliphatic carbocycles. The van der Waals surface area contributed by atoms with Gasteiger partial charge >= 0.3 is 0 Å². The molecule has 3 rings (SSSR count). The van der Waals surface area contributed by atoms with Crippen LogP contribution < -0.4 is 20.1 Å². The summed E-state index contributed by atoms with van der Waals surface area (Å²) in [6.07, 6.45) is 1.87. The van der Waals surface area contributed by atoms with Crippen molar-refractivity contribution in [3.8, 4) is 11.5 Å². The standard InChI is InChI=1S/C22H30N4O2.HI/c1-23-22(24-16-19(26(2)3)14-17-8-5-4-6-9-17)25-18-10-11-20-21(15-18)28-13-7-12-27-20;/h4-6,8-11,15,19H,7,12-14,16H2,1-3H3,(H2,23,24,25);1H. The Morgan fingerprint density at radius 2 is 1.79 bits per heavy atom. The maximum Gasteiger partial charge on any atom is 0.195 e. The summed E-state index contributed by atoms with van der Waals surface area (Å²) < 4.78 is 11.5. The van der Waals surface area contributed by atoms with Crippen LogP contribution in [-0.2, 0) is 6.42 Å².